The number of hydrogen-bond acceptors (Lipinski definition) is 4. The van der Waals surface area contributed by atoms with Crippen LogP contribution in [0.15, 0.2) is 34.9 Å². The average Bonchev–Trinajstić information content (AvgIpc) is 3.17. The Morgan fingerprint density at radius 2 is 1.80 bits per heavy atom. The number of nitrogens with one attached hydrogen (secondary N) is 1. The van der Waals surface area contributed by atoms with Gasteiger partial charge in [-0.15, -0.1) is 0 Å². The fourth-order valence-corrected chi connectivity index (χ4v) is 7.02. The molecule has 1 amide bonds. The first kappa shape index (κ1) is 19.8. The SMILES string of the molecule is CCC(NC(=O)CCc1nc(Cc2ccccc2)no1)C12CC3CC(CC(C3)C1)C2. The molecule has 0 spiro atoms. The van der Waals surface area contributed by atoms with E-state index in [9.17, 15) is 4.79 Å². The summed E-state index contributed by atoms with van der Waals surface area (Å²) in [5.41, 5.74) is 1.51. The maximum Gasteiger partial charge on any atom is 0.227 e. The molecule has 4 aliphatic carbocycles. The molecule has 1 unspecified atom stereocenters. The zero-order valence-electron chi connectivity index (χ0n) is 18.0. The van der Waals surface area contributed by atoms with Gasteiger partial charge in [0.2, 0.25) is 11.8 Å². The minimum Gasteiger partial charge on any atom is -0.353 e. The van der Waals surface area contributed by atoms with E-state index >= 15 is 0 Å². The van der Waals surface area contributed by atoms with E-state index in [1.807, 2.05) is 18.2 Å². The fraction of sp³-hybridized carbons (Fsp3) is 0.640. The number of hydrogen-bond donors (Lipinski definition) is 1. The summed E-state index contributed by atoms with van der Waals surface area (Å²) >= 11 is 0. The summed E-state index contributed by atoms with van der Waals surface area (Å²) in [5, 5.41) is 7.49. The van der Waals surface area contributed by atoms with E-state index in [0.717, 1.165) is 29.7 Å². The quantitative estimate of drug-likeness (QED) is 0.688. The van der Waals surface area contributed by atoms with E-state index in [0.29, 0.717) is 42.4 Å². The summed E-state index contributed by atoms with van der Waals surface area (Å²) in [7, 11) is 0. The molecule has 4 fully saturated rings. The Morgan fingerprint density at radius 1 is 1.13 bits per heavy atom. The topological polar surface area (TPSA) is 68.0 Å². The van der Waals surface area contributed by atoms with Crippen molar-refractivity contribution in [2.75, 3.05) is 0 Å². The van der Waals surface area contributed by atoms with Crippen molar-refractivity contribution in [2.24, 2.45) is 23.2 Å². The van der Waals surface area contributed by atoms with Crippen molar-refractivity contribution in [3.05, 3.63) is 47.6 Å². The highest BCUT2D eigenvalue weighted by atomic mass is 16.5. The van der Waals surface area contributed by atoms with Crippen molar-refractivity contribution in [1.29, 1.82) is 0 Å². The van der Waals surface area contributed by atoms with E-state index in [-0.39, 0.29) is 5.91 Å². The van der Waals surface area contributed by atoms with Gasteiger partial charge in [-0.05, 0) is 73.7 Å². The van der Waals surface area contributed by atoms with E-state index in [1.54, 1.807) is 0 Å². The summed E-state index contributed by atoms with van der Waals surface area (Å²) in [5.74, 6) is 4.08. The predicted molar refractivity (Wildman–Crippen MR) is 115 cm³/mol. The lowest BCUT2D eigenvalue weighted by Gasteiger charge is -2.59. The lowest BCUT2D eigenvalue weighted by Crippen LogP contribution is -2.56. The third-order valence-corrected chi connectivity index (χ3v) is 7.85. The molecule has 0 radical (unpaired) electrons. The highest BCUT2D eigenvalue weighted by Gasteiger charge is 2.53. The molecule has 1 N–H and O–H groups in total. The maximum absolute atomic E-state index is 12.8. The van der Waals surface area contributed by atoms with Gasteiger partial charge in [-0.1, -0.05) is 42.4 Å². The molecule has 5 nitrogen and oxygen atoms in total. The molecule has 4 bridgehead atoms. The van der Waals surface area contributed by atoms with Gasteiger partial charge >= 0.3 is 0 Å². The van der Waals surface area contributed by atoms with Crippen LogP contribution in [-0.2, 0) is 17.6 Å². The van der Waals surface area contributed by atoms with Crippen LogP contribution in [0.1, 0.15) is 75.6 Å². The Hall–Kier alpha value is -2.17. The monoisotopic (exact) mass is 407 g/mol. The molecule has 1 aromatic heterocycles. The third-order valence-electron chi connectivity index (χ3n) is 7.85. The third kappa shape index (κ3) is 4.03. The van der Waals surface area contributed by atoms with Gasteiger partial charge in [0.05, 0.1) is 0 Å². The molecule has 0 saturated heterocycles. The highest BCUT2D eigenvalue weighted by molar-refractivity contribution is 5.76. The molecule has 6 rings (SSSR count). The Balaban J connectivity index is 1.15. The van der Waals surface area contributed by atoms with Crippen LogP contribution in [0, 0.1) is 23.2 Å². The molecular formula is C25H33N3O2. The van der Waals surface area contributed by atoms with Gasteiger partial charge in [0.15, 0.2) is 5.82 Å². The summed E-state index contributed by atoms with van der Waals surface area (Å²) in [4.78, 5) is 17.2. The summed E-state index contributed by atoms with van der Waals surface area (Å²) in [6, 6.07) is 10.4. The summed E-state index contributed by atoms with van der Waals surface area (Å²) in [6.07, 6.45) is 10.9. The van der Waals surface area contributed by atoms with Gasteiger partial charge in [-0.25, -0.2) is 0 Å². The van der Waals surface area contributed by atoms with Gasteiger partial charge in [0.25, 0.3) is 0 Å². The van der Waals surface area contributed by atoms with Crippen molar-refractivity contribution in [3.8, 4) is 0 Å². The van der Waals surface area contributed by atoms with Crippen LogP contribution in [0.3, 0.4) is 0 Å². The second-order valence-corrected chi connectivity index (χ2v) is 10.1. The molecule has 2 aromatic rings. The second kappa shape index (κ2) is 8.16. The lowest BCUT2D eigenvalue weighted by atomic mass is 9.47. The van der Waals surface area contributed by atoms with Crippen LogP contribution >= 0.6 is 0 Å². The van der Waals surface area contributed by atoms with Crippen molar-refractivity contribution in [3.63, 3.8) is 0 Å². The molecule has 5 heteroatoms. The highest BCUT2D eigenvalue weighted by Crippen LogP contribution is 2.61. The molecule has 1 aromatic carbocycles. The molecule has 4 aliphatic rings. The van der Waals surface area contributed by atoms with Crippen LogP contribution < -0.4 is 5.32 Å². The molecule has 1 atom stereocenters. The molecule has 30 heavy (non-hydrogen) atoms. The number of aryl methyl sites for hydroxylation is 1. The number of nitrogens with zero attached hydrogens (tertiary/aromatic N) is 2. The molecule has 0 aliphatic heterocycles. The number of carbonyl (C=O) groups is 1. The van der Waals surface area contributed by atoms with Crippen molar-refractivity contribution >= 4 is 5.91 Å². The normalized spacial score (nSPS) is 30.4. The Bertz CT molecular complexity index is 840. The Kier molecular flexibility index (Phi) is 5.38. The smallest absolute Gasteiger partial charge is 0.227 e. The average molecular weight is 408 g/mol. The van der Waals surface area contributed by atoms with Crippen molar-refractivity contribution < 1.29 is 9.32 Å². The minimum absolute atomic E-state index is 0.125. The van der Waals surface area contributed by atoms with E-state index in [2.05, 4.69) is 34.5 Å². The first-order chi connectivity index (χ1) is 14.6. The number of rotatable bonds is 8. The van der Waals surface area contributed by atoms with Gasteiger partial charge in [0.1, 0.15) is 0 Å². The summed E-state index contributed by atoms with van der Waals surface area (Å²) in [6.45, 7) is 2.23. The number of aromatic nitrogens is 2. The van der Waals surface area contributed by atoms with Gasteiger partial charge in [0, 0.05) is 25.3 Å². The van der Waals surface area contributed by atoms with Crippen LogP contribution in [0.4, 0.5) is 0 Å². The minimum atomic E-state index is 0.125. The van der Waals surface area contributed by atoms with Gasteiger partial charge in [-0.3, -0.25) is 4.79 Å². The van der Waals surface area contributed by atoms with Gasteiger partial charge < -0.3 is 9.84 Å². The standard InChI is InChI=1S/C25H33N3O2/c1-2-21(25-14-18-10-19(15-25)12-20(11-18)16-25)26-23(29)8-9-24-27-22(28-30-24)13-17-6-4-3-5-7-17/h3-7,18-21H,2,8-16H2,1H3,(H,26,29). The molecule has 160 valence electrons. The van der Waals surface area contributed by atoms with Crippen molar-refractivity contribution in [1.82, 2.24) is 15.5 Å². The fourth-order valence-electron chi connectivity index (χ4n) is 7.02. The lowest BCUT2D eigenvalue weighted by molar-refractivity contribution is -0.126. The van der Waals surface area contributed by atoms with Crippen LogP contribution in [0.2, 0.25) is 0 Å². The first-order valence-corrected chi connectivity index (χ1v) is 11.8. The second-order valence-electron chi connectivity index (χ2n) is 10.1. The molecule has 1 heterocycles. The zero-order chi connectivity index (χ0) is 20.6. The van der Waals surface area contributed by atoms with Crippen molar-refractivity contribution in [2.45, 2.75) is 77.2 Å². The Morgan fingerprint density at radius 3 is 2.43 bits per heavy atom. The molecular weight excluding hydrogens is 374 g/mol. The van der Waals surface area contributed by atoms with Crippen LogP contribution in [0.5, 0.6) is 0 Å². The number of benzene rings is 1. The zero-order valence-corrected chi connectivity index (χ0v) is 18.0. The first-order valence-electron chi connectivity index (χ1n) is 11.8. The van der Waals surface area contributed by atoms with E-state index in [1.165, 1.54) is 38.5 Å². The maximum atomic E-state index is 12.8. The summed E-state index contributed by atoms with van der Waals surface area (Å²) < 4.78 is 5.38. The number of amides is 1. The van der Waals surface area contributed by atoms with Crippen LogP contribution in [0.25, 0.3) is 0 Å². The van der Waals surface area contributed by atoms with E-state index in [4.69, 9.17) is 4.52 Å². The van der Waals surface area contributed by atoms with Gasteiger partial charge in [-0.2, -0.15) is 4.98 Å². The van der Waals surface area contributed by atoms with E-state index < -0.39 is 0 Å². The number of carbonyl (C=O) groups excluding carboxylic acids is 1. The largest absolute Gasteiger partial charge is 0.353 e. The molecule has 4 saturated carbocycles. The van der Waals surface area contributed by atoms with Crippen LogP contribution in [-0.4, -0.2) is 22.1 Å². The Labute approximate surface area is 179 Å². The predicted octanol–water partition coefficient (Wildman–Crippen LogP) is 4.70.